The second-order valence-electron chi connectivity index (χ2n) is 4.64. The fraction of sp³-hybridized carbons (Fsp3) is 0.188. The zero-order valence-corrected chi connectivity index (χ0v) is 13.0. The summed E-state index contributed by atoms with van der Waals surface area (Å²) in [7, 11) is 0. The van der Waals surface area contributed by atoms with Crippen molar-refractivity contribution < 1.29 is 9.53 Å². The Bertz CT molecular complexity index is 626. The summed E-state index contributed by atoms with van der Waals surface area (Å²) in [6.45, 7) is 3.96. The monoisotopic (exact) mass is 333 g/mol. The lowest BCUT2D eigenvalue weighted by Crippen LogP contribution is -2.20. The molecule has 2 rings (SSSR count). The van der Waals surface area contributed by atoms with Crippen molar-refractivity contribution in [2.24, 2.45) is 0 Å². The largest absolute Gasteiger partial charge is 0.483 e. The number of hydrogen-bond donors (Lipinski definition) is 1. The van der Waals surface area contributed by atoms with Crippen molar-refractivity contribution in [2.75, 3.05) is 11.9 Å². The average molecular weight is 334 g/mol. The van der Waals surface area contributed by atoms with E-state index in [1.54, 1.807) is 0 Å². The Labute approximate surface area is 127 Å². The van der Waals surface area contributed by atoms with E-state index in [-0.39, 0.29) is 12.5 Å². The third-order valence-corrected chi connectivity index (χ3v) is 3.37. The first-order valence-corrected chi connectivity index (χ1v) is 7.09. The van der Waals surface area contributed by atoms with Gasteiger partial charge in [-0.15, -0.1) is 0 Å². The van der Waals surface area contributed by atoms with E-state index in [4.69, 9.17) is 4.74 Å². The van der Waals surface area contributed by atoms with E-state index in [0.29, 0.717) is 5.75 Å². The number of carbonyl (C=O) groups excluding carboxylic acids is 1. The van der Waals surface area contributed by atoms with Crippen LogP contribution in [0.5, 0.6) is 5.75 Å². The molecule has 0 saturated heterocycles. The second-order valence-corrected chi connectivity index (χ2v) is 5.49. The maximum absolute atomic E-state index is 11.8. The van der Waals surface area contributed by atoms with Gasteiger partial charge in [0, 0.05) is 5.69 Å². The highest BCUT2D eigenvalue weighted by atomic mass is 79.9. The molecular weight excluding hydrogens is 318 g/mol. The van der Waals surface area contributed by atoms with Gasteiger partial charge in [0.05, 0.1) is 4.47 Å². The number of benzene rings is 2. The first kappa shape index (κ1) is 14.6. The maximum Gasteiger partial charge on any atom is 0.262 e. The molecule has 0 saturated carbocycles. The molecule has 0 unspecified atom stereocenters. The van der Waals surface area contributed by atoms with Gasteiger partial charge < -0.3 is 10.1 Å². The Kier molecular flexibility index (Phi) is 4.79. The molecule has 0 radical (unpaired) electrons. The molecule has 2 aromatic carbocycles. The van der Waals surface area contributed by atoms with Crippen LogP contribution in [-0.2, 0) is 4.79 Å². The van der Waals surface area contributed by atoms with Gasteiger partial charge in [0.15, 0.2) is 6.61 Å². The molecule has 104 valence electrons. The summed E-state index contributed by atoms with van der Waals surface area (Å²) in [5.74, 6) is 0.484. The summed E-state index contributed by atoms with van der Waals surface area (Å²) in [5, 5.41) is 2.80. The summed E-state index contributed by atoms with van der Waals surface area (Å²) in [4.78, 5) is 11.8. The summed E-state index contributed by atoms with van der Waals surface area (Å²) in [6, 6.07) is 13.4. The third kappa shape index (κ3) is 4.10. The Morgan fingerprint density at radius 2 is 1.90 bits per heavy atom. The number of hydrogen-bond acceptors (Lipinski definition) is 2. The van der Waals surface area contributed by atoms with Crippen molar-refractivity contribution in [3.05, 3.63) is 58.1 Å². The molecule has 20 heavy (non-hydrogen) atoms. The van der Waals surface area contributed by atoms with Gasteiger partial charge in [-0.25, -0.2) is 0 Å². The molecule has 0 heterocycles. The summed E-state index contributed by atoms with van der Waals surface area (Å²) in [5.41, 5.74) is 3.01. The smallest absolute Gasteiger partial charge is 0.262 e. The zero-order chi connectivity index (χ0) is 14.5. The molecule has 0 spiro atoms. The minimum atomic E-state index is -0.178. The van der Waals surface area contributed by atoms with E-state index < -0.39 is 0 Å². The van der Waals surface area contributed by atoms with Gasteiger partial charge in [-0.1, -0.05) is 18.2 Å². The number of ether oxygens (including phenoxy) is 1. The summed E-state index contributed by atoms with van der Waals surface area (Å²) >= 11 is 3.42. The number of halogens is 1. The zero-order valence-electron chi connectivity index (χ0n) is 11.4. The molecule has 0 bridgehead atoms. The van der Waals surface area contributed by atoms with E-state index in [0.717, 1.165) is 21.3 Å². The first-order valence-electron chi connectivity index (χ1n) is 6.30. The predicted molar refractivity (Wildman–Crippen MR) is 84.2 cm³/mol. The lowest BCUT2D eigenvalue weighted by Gasteiger charge is -2.09. The van der Waals surface area contributed by atoms with Crippen LogP contribution in [0.15, 0.2) is 46.9 Å². The van der Waals surface area contributed by atoms with Crippen molar-refractivity contribution >= 4 is 27.5 Å². The molecule has 0 aliphatic carbocycles. The number of aryl methyl sites for hydroxylation is 2. The second kappa shape index (κ2) is 6.57. The van der Waals surface area contributed by atoms with Crippen LogP contribution in [-0.4, -0.2) is 12.5 Å². The van der Waals surface area contributed by atoms with E-state index in [1.807, 2.05) is 56.3 Å². The van der Waals surface area contributed by atoms with E-state index >= 15 is 0 Å². The topological polar surface area (TPSA) is 38.3 Å². The Balaban J connectivity index is 1.92. The maximum atomic E-state index is 11.8. The highest BCUT2D eigenvalue weighted by Crippen LogP contribution is 2.25. The fourth-order valence-corrected chi connectivity index (χ4v) is 2.39. The molecule has 4 heteroatoms. The van der Waals surface area contributed by atoms with Crippen LogP contribution in [0.1, 0.15) is 11.1 Å². The number of rotatable bonds is 4. The van der Waals surface area contributed by atoms with Gasteiger partial charge in [-0.3, -0.25) is 4.79 Å². The molecule has 2 aromatic rings. The highest BCUT2D eigenvalue weighted by Gasteiger charge is 2.06. The molecule has 0 aliphatic heterocycles. The molecule has 0 fully saturated rings. The van der Waals surface area contributed by atoms with E-state index in [1.165, 1.54) is 0 Å². The minimum absolute atomic E-state index is 0.0183. The third-order valence-electron chi connectivity index (χ3n) is 2.75. The number of carbonyl (C=O) groups is 1. The van der Waals surface area contributed by atoms with E-state index in [2.05, 4.69) is 21.2 Å². The fourth-order valence-electron chi connectivity index (χ4n) is 1.79. The van der Waals surface area contributed by atoms with Gasteiger partial charge >= 0.3 is 0 Å². The molecule has 1 N–H and O–H groups in total. The van der Waals surface area contributed by atoms with Crippen molar-refractivity contribution in [3.8, 4) is 5.75 Å². The Morgan fingerprint density at radius 3 is 2.60 bits per heavy atom. The lowest BCUT2D eigenvalue weighted by atomic mass is 10.2. The van der Waals surface area contributed by atoms with Crippen molar-refractivity contribution in [1.82, 2.24) is 0 Å². The molecule has 3 nitrogen and oxygen atoms in total. The highest BCUT2D eigenvalue weighted by molar-refractivity contribution is 9.10. The first-order chi connectivity index (χ1) is 9.54. The summed E-state index contributed by atoms with van der Waals surface area (Å²) < 4.78 is 6.35. The standard InChI is InChI=1S/C16H16BrNO2/c1-11-4-3-5-13(8-11)18-16(19)10-20-15-7-6-12(2)9-14(15)17/h3-9H,10H2,1-2H3,(H,18,19). The van der Waals surface area contributed by atoms with Crippen molar-refractivity contribution in [2.45, 2.75) is 13.8 Å². The Hall–Kier alpha value is -1.81. The van der Waals surface area contributed by atoms with Gasteiger partial charge in [0.1, 0.15) is 5.75 Å². The molecular formula is C16H16BrNO2. The van der Waals surface area contributed by atoms with Crippen molar-refractivity contribution in [3.63, 3.8) is 0 Å². The SMILES string of the molecule is Cc1cccc(NC(=O)COc2ccc(C)cc2Br)c1. The molecule has 0 aromatic heterocycles. The van der Waals surface area contributed by atoms with Crippen LogP contribution in [0, 0.1) is 13.8 Å². The van der Waals surface area contributed by atoms with Gasteiger partial charge in [-0.05, 0) is 65.2 Å². The normalized spacial score (nSPS) is 10.2. The van der Waals surface area contributed by atoms with Gasteiger partial charge in [-0.2, -0.15) is 0 Å². The quantitative estimate of drug-likeness (QED) is 0.915. The van der Waals surface area contributed by atoms with Crippen LogP contribution >= 0.6 is 15.9 Å². The van der Waals surface area contributed by atoms with Crippen LogP contribution in [0.4, 0.5) is 5.69 Å². The Morgan fingerprint density at radius 1 is 1.15 bits per heavy atom. The molecule has 0 atom stereocenters. The average Bonchev–Trinajstić information content (AvgIpc) is 2.37. The predicted octanol–water partition coefficient (Wildman–Crippen LogP) is 4.08. The number of nitrogens with one attached hydrogen (secondary N) is 1. The summed E-state index contributed by atoms with van der Waals surface area (Å²) in [6.07, 6.45) is 0. The van der Waals surface area contributed by atoms with Crippen LogP contribution in [0.2, 0.25) is 0 Å². The molecule has 0 aliphatic rings. The van der Waals surface area contributed by atoms with Crippen LogP contribution in [0.3, 0.4) is 0 Å². The number of anilines is 1. The van der Waals surface area contributed by atoms with Gasteiger partial charge in [0.25, 0.3) is 5.91 Å². The van der Waals surface area contributed by atoms with Crippen LogP contribution in [0.25, 0.3) is 0 Å². The van der Waals surface area contributed by atoms with Crippen molar-refractivity contribution in [1.29, 1.82) is 0 Å². The van der Waals surface area contributed by atoms with Gasteiger partial charge in [0.2, 0.25) is 0 Å². The lowest BCUT2D eigenvalue weighted by molar-refractivity contribution is -0.118. The minimum Gasteiger partial charge on any atom is -0.483 e. The number of amides is 1. The van der Waals surface area contributed by atoms with E-state index in [9.17, 15) is 4.79 Å². The van der Waals surface area contributed by atoms with Crippen LogP contribution < -0.4 is 10.1 Å². The molecule has 1 amide bonds.